The van der Waals surface area contributed by atoms with E-state index in [0.717, 1.165) is 50.3 Å². The van der Waals surface area contributed by atoms with Gasteiger partial charge in [-0.2, -0.15) is 0 Å². The first-order valence-corrected chi connectivity index (χ1v) is 6.74. The van der Waals surface area contributed by atoms with Gasteiger partial charge in [0.25, 0.3) is 0 Å². The molecule has 19 heavy (non-hydrogen) atoms. The van der Waals surface area contributed by atoms with Crippen LogP contribution in [-0.2, 0) is 11.2 Å². The van der Waals surface area contributed by atoms with Crippen molar-refractivity contribution in [1.82, 2.24) is 0 Å². The van der Waals surface area contributed by atoms with Crippen molar-refractivity contribution in [2.75, 3.05) is 7.11 Å². The van der Waals surface area contributed by atoms with Gasteiger partial charge in [-0.05, 0) is 36.6 Å². The summed E-state index contributed by atoms with van der Waals surface area (Å²) in [6.45, 7) is 0. The number of aliphatic hydroxyl groups is 1. The van der Waals surface area contributed by atoms with E-state index in [-0.39, 0.29) is 12.0 Å². The highest BCUT2D eigenvalue weighted by Crippen LogP contribution is 2.35. The maximum Gasteiger partial charge on any atom is 0.126 e. The standard InChI is InChI=1S/C15H20F2O2/c1-19-15(7-3-2-4-8-15)14(18)10-11-9-12(16)5-6-13(11)17/h5-6,9,14,18H,2-4,7-8,10H2,1H3. The molecule has 0 aliphatic heterocycles. The second-order valence-electron chi connectivity index (χ2n) is 5.29. The average Bonchev–Trinajstić information content (AvgIpc) is 2.43. The van der Waals surface area contributed by atoms with Crippen molar-refractivity contribution in [2.45, 2.75) is 50.2 Å². The molecule has 0 aromatic heterocycles. The number of aliphatic hydroxyl groups excluding tert-OH is 1. The molecule has 1 aromatic rings. The Morgan fingerprint density at radius 2 is 1.95 bits per heavy atom. The highest BCUT2D eigenvalue weighted by Gasteiger charge is 2.39. The monoisotopic (exact) mass is 270 g/mol. The largest absolute Gasteiger partial charge is 0.390 e. The lowest BCUT2D eigenvalue weighted by molar-refractivity contribution is -0.122. The Hall–Kier alpha value is -1.00. The first-order chi connectivity index (χ1) is 9.07. The molecule has 1 aliphatic carbocycles. The molecule has 2 nitrogen and oxygen atoms in total. The molecule has 0 amide bonds. The van der Waals surface area contributed by atoms with E-state index in [1.807, 2.05) is 0 Å². The lowest BCUT2D eigenvalue weighted by atomic mass is 9.78. The van der Waals surface area contributed by atoms with Crippen LogP contribution in [0, 0.1) is 11.6 Å². The molecule has 2 rings (SSSR count). The molecular weight excluding hydrogens is 250 g/mol. The summed E-state index contributed by atoms with van der Waals surface area (Å²) in [5.74, 6) is -0.971. The fraction of sp³-hybridized carbons (Fsp3) is 0.600. The SMILES string of the molecule is COC1(C(O)Cc2cc(F)ccc2F)CCCCC1. The smallest absolute Gasteiger partial charge is 0.126 e. The van der Waals surface area contributed by atoms with Crippen molar-refractivity contribution in [3.05, 3.63) is 35.4 Å². The van der Waals surface area contributed by atoms with Crippen LogP contribution in [0.5, 0.6) is 0 Å². The van der Waals surface area contributed by atoms with Gasteiger partial charge in [-0.25, -0.2) is 8.78 Å². The molecule has 1 fully saturated rings. The van der Waals surface area contributed by atoms with Crippen molar-refractivity contribution in [1.29, 1.82) is 0 Å². The summed E-state index contributed by atoms with van der Waals surface area (Å²) in [5, 5.41) is 10.4. The minimum atomic E-state index is -0.811. The van der Waals surface area contributed by atoms with Gasteiger partial charge in [-0.3, -0.25) is 0 Å². The summed E-state index contributed by atoms with van der Waals surface area (Å²) in [7, 11) is 1.58. The Labute approximate surface area is 112 Å². The molecule has 0 bridgehead atoms. The number of rotatable bonds is 4. The number of hydrogen-bond donors (Lipinski definition) is 1. The van der Waals surface area contributed by atoms with E-state index in [9.17, 15) is 13.9 Å². The zero-order chi connectivity index (χ0) is 13.9. The molecule has 0 radical (unpaired) electrons. The van der Waals surface area contributed by atoms with Crippen LogP contribution in [0.1, 0.15) is 37.7 Å². The van der Waals surface area contributed by atoms with Crippen LogP contribution < -0.4 is 0 Å². The Morgan fingerprint density at radius 1 is 1.26 bits per heavy atom. The Morgan fingerprint density at radius 3 is 2.58 bits per heavy atom. The minimum Gasteiger partial charge on any atom is -0.390 e. The van der Waals surface area contributed by atoms with Gasteiger partial charge in [-0.1, -0.05) is 19.3 Å². The van der Waals surface area contributed by atoms with E-state index in [1.165, 1.54) is 0 Å². The van der Waals surface area contributed by atoms with Crippen molar-refractivity contribution in [2.24, 2.45) is 0 Å². The molecule has 106 valence electrons. The fourth-order valence-corrected chi connectivity index (χ4v) is 2.92. The van der Waals surface area contributed by atoms with Crippen molar-refractivity contribution < 1.29 is 18.6 Å². The number of benzene rings is 1. The van der Waals surface area contributed by atoms with Crippen LogP contribution in [0.25, 0.3) is 0 Å². The van der Waals surface area contributed by atoms with E-state index in [1.54, 1.807) is 7.11 Å². The number of hydrogen-bond acceptors (Lipinski definition) is 2. The zero-order valence-corrected chi connectivity index (χ0v) is 11.2. The van der Waals surface area contributed by atoms with Crippen LogP contribution in [0.2, 0.25) is 0 Å². The molecule has 1 aromatic carbocycles. The van der Waals surface area contributed by atoms with E-state index in [4.69, 9.17) is 4.74 Å². The molecule has 0 heterocycles. The number of ether oxygens (including phenoxy) is 1. The number of methoxy groups -OCH3 is 1. The van der Waals surface area contributed by atoms with Gasteiger partial charge in [0.2, 0.25) is 0 Å². The van der Waals surface area contributed by atoms with E-state index in [0.29, 0.717) is 0 Å². The predicted octanol–water partition coefficient (Wildman–Crippen LogP) is 3.22. The van der Waals surface area contributed by atoms with Gasteiger partial charge in [0.05, 0.1) is 11.7 Å². The first kappa shape index (κ1) is 14.4. The molecule has 0 spiro atoms. The van der Waals surface area contributed by atoms with Crippen LogP contribution in [0.15, 0.2) is 18.2 Å². The van der Waals surface area contributed by atoms with Crippen LogP contribution >= 0.6 is 0 Å². The second kappa shape index (κ2) is 5.97. The van der Waals surface area contributed by atoms with Crippen LogP contribution in [-0.4, -0.2) is 23.9 Å². The third-order valence-electron chi connectivity index (χ3n) is 4.13. The summed E-state index contributed by atoms with van der Waals surface area (Å²) >= 11 is 0. The van der Waals surface area contributed by atoms with Gasteiger partial charge in [0, 0.05) is 13.5 Å². The molecule has 1 unspecified atom stereocenters. The molecule has 0 saturated heterocycles. The summed E-state index contributed by atoms with van der Waals surface area (Å²) in [5.41, 5.74) is -0.411. The maximum atomic E-state index is 13.6. The second-order valence-corrected chi connectivity index (χ2v) is 5.29. The topological polar surface area (TPSA) is 29.5 Å². The molecule has 1 atom stereocenters. The first-order valence-electron chi connectivity index (χ1n) is 6.74. The van der Waals surface area contributed by atoms with Crippen LogP contribution in [0.3, 0.4) is 0 Å². The van der Waals surface area contributed by atoms with Gasteiger partial charge >= 0.3 is 0 Å². The summed E-state index contributed by atoms with van der Waals surface area (Å²) in [6.07, 6.45) is 3.92. The lowest BCUT2D eigenvalue weighted by Gasteiger charge is -2.40. The summed E-state index contributed by atoms with van der Waals surface area (Å²) < 4.78 is 32.3. The maximum absolute atomic E-state index is 13.6. The average molecular weight is 270 g/mol. The minimum absolute atomic E-state index is 0.0808. The molecular formula is C15H20F2O2. The Bertz CT molecular complexity index is 428. The van der Waals surface area contributed by atoms with Crippen LogP contribution in [0.4, 0.5) is 8.78 Å². The third-order valence-corrected chi connectivity index (χ3v) is 4.13. The normalized spacial score (nSPS) is 20.2. The Kier molecular flexibility index (Phi) is 4.53. The van der Waals surface area contributed by atoms with Crippen molar-refractivity contribution in [3.8, 4) is 0 Å². The van der Waals surface area contributed by atoms with Gasteiger partial charge in [-0.15, -0.1) is 0 Å². The van der Waals surface area contributed by atoms with E-state index in [2.05, 4.69) is 0 Å². The van der Waals surface area contributed by atoms with Crippen molar-refractivity contribution in [3.63, 3.8) is 0 Å². The molecule has 1 saturated carbocycles. The molecule has 1 N–H and O–H groups in total. The molecule has 1 aliphatic rings. The van der Waals surface area contributed by atoms with Gasteiger partial charge in [0.15, 0.2) is 0 Å². The van der Waals surface area contributed by atoms with Crippen molar-refractivity contribution >= 4 is 0 Å². The Balaban J connectivity index is 2.14. The summed E-state index contributed by atoms with van der Waals surface area (Å²) in [4.78, 5) is 0. The van der Waals surface area contributed by atoms with E-state index < -0.39 is 23.3 Å². The van der Waals surface area contributed by atoms with Gasteiger partial charge in [0.1, 0.15) is 11.6 Å². The quantitative estimate of drug-likeness (QED) is 0.910. The summed E-state index contributed by atoms with van der Waals surface area (Å²) in [6, 6.07) is 3.32. The number of halogens is 2. The van der Waals surface area contributed by atoms with Gasteiger partial charge < -0.3 is 9.84 Å². The zero-order valence-electron chi connectivity index (χ0n) is 11.2. The highest BCUT2D eigenvalue weighted by molar-refractivity contribution is 5.20. The lowest BCUT2D eigenvalue weighted by Crippen LogP contribution is -2.47. The third kappa shape index (κ3) is 3.12. The highest BCUT2D eigenvalue weighted by atomic mass is 19.1. The molecule has 4 heteroatoms. The van der Waals surface area contributed by atoms with E-state index >= 15 is 0 Å². The fourth-order valence-electron chi connectivity index (χ4n) is 2.92. The predicted molar refractivity (Wildman–Crippen MR) is 68.9 cm³/mol.